The van der Waals surface area contributed by atoms with Gasteiger partial charge >= 0.3 is 0 Å². The Kier molecular flexibility index (Phi) is 2.82. The second kappa shape index (κ2) is 3.68. The molecule has 0 saturated carbocycles. The zero-order chi connectivity index (χ0) is 9.14. The van der Waals surface area contributed by atoms with Gasteiger partial charge in [-0.2, -0.15) is 0 Å². The van der Waals surface area contributed by atoms with Crippen LogP contribution in [0.25, 0.3) is 0 Å². The van der Waals surface area contributed by atoms with Gasteiger partial charge in [-0.05, 0) is 12.0 Å². The van der Waals surface area contributed by atoms with Gasteiger partial charge in [-0.3, -0.25) is 0 Å². The van der Waals surface area contributed by atoms with E-state index in [1.165, 1.54) is 0 Å². The standard InChI is InChI=1S/C10H13NS/c1-7(2)10(12)8-5-3-4-6-9(8)11/h3-7H,11H2,1-2H3. The predicted molar refractivity (Wildman–Crippen MR) is 57.4 cm³/mol. The lowest BCUT2D eigenvalue weighted by Gasteiger charge is -2.09. The first-order valence-electron chi connectivity index (χ1n) is 4.01. The summed E-state index contributed by atoms with van der Waals surface area (Å²) in [5.41, 5.74) is 7.55. The van der Waals surface area contributed by atoms with E-state index in [1.807, 2.05) is 24.3 Å². The second-order valence-electron chi connectivity index (χ2n) is 3.11. The number of hydrogen-bond acceptors (Lipinski definition) is 2. The molecule has 0 saturated heterocycles. The van der Waals surface area contributed by atoms with Crippen molar-refractivity contribution in [3.05, 3.63) is 29.8 Å². The van der Waals surface area contributed by atoms with Gasteiger partial charge in [0.2, 0.25) is 0 Å². The smallest absolute Gasteiger partial charge is 0.0399 e. The summed E-state index contributed by atoms with van der Waals surface area (Å²) in [6.45, 7) is 4.16. The van der Waals surface area contributed by atoms with Gasteiger partial charge in [0.05, 0.1) is 0 Å². The van der Waals surface area contributed by atoms with Crippen LogP contribution < -0.4 is 5.73 Å². The third-order valence-electron chi connectivity index (χ3n) is 1.75. The van der Waals surface area contributed by atoms with Crippen LogP contribution in [0.3, 0.4) is 0 Å². The summed E-state index contributed by atoms with van der Waals surface area (Å²) in [5.74, 6) is 0.379. The van der Waals surface area contributed by atoms with E-state index in [1.54, 1.807) is 0 Å². The summed E-state index contributed by atoms with van der Waals surface area (Å²) in [4.78, 5) is 0.938. The Bertz CT molecular complexity index is 292. The van der Waals surface area contributed by atoms with Crippen molar-refractivity contribution in [3.63, 3.8) is 0 Å². The fourth-order valence-corrected chi connectivity index (χ4v) is 1.22. The molecular formula is C10H13NS. The van der Waals surface area contributed by atoms with E-state index in [9.17, 15) is 0 Å². The van der Waals surface area contributed by atoms with E-state index in [4.69, 9.17) is 18.0 Å². The van der Waals surface area contributed by atoms with Gasteiger partial charge < -0.3 is 5.73 Å². The lowest BCUT2D eigenvalue weighted by Crippen LogP contribution is -2.08. The summed E-state index contributed by atoms with van der Waals surface area (Å²) < 4.78 is 0. The Labute approximate surface area is 78.6 Å². The Morgan fingerprint density at radius 1 is 1.33 bits per heavy atom. The fourth-order valence-electron chi connectivity index (χ4n) is 1.03. The topological polar surface area (TPSA) is 26.0 Å². The lowest BCUT2D eigenvalue weighted by molar-refractivity contribution is 0.902. The van der Waals surface area contributed by atoms with Gasteiger partial charge in [0.15, 0.2) is 0 Å². The maximum Gasteiger partial charge on any atom is 0.0399 e. The van der Waals surface area contributed by atoms with E-state index < -0.39 is 0 Å². The van der Waals surface area contributed by atoms with Crippen molar-refractivity contribution in [1.29, 1.82) is 0 Å². The predicted octanol–water partition coefficient (Wildman–Crippen LogP) is 2.64. The minimum Gasteiger partial charge on any atom is -0.398 e. The zero-order valence-electron chi connectivity index (χ0n) is 7.37. The third-order valence-corrected chi connectivity index (χ3v) is 2.44. The van der Waals surface area contributed by atoms with Gasteiger partial charge in [0.1, 0.15) is 0 Å². The van der Waals surface area contributed by atoms with Gasteiger partial charge in [-0.15, -0.1) is 0 Å². The molecule has 0 fully saturated rings. The SMILES string of the molecule is CC(C)C(=S)c1ccccc1N. The number of anilines is 1. The molecule has 0 amide bonds. The summed E-state index contributed by atoms with van der Waals surface area (Å²) in [7, 11) is 0. The van der Waals surface area contributed by atoms with Crippen LogP contribution in [0.15, 0.2) is 24.3 Å². The zero-order valence-corrected chi connectivity index (χ0v) is 8.19. The monoisotopic (exact) mass is 179 g/mol. The average molecular weight is 179 g/mol. The number of benzene rings is 1. The molecule has 2 N–H and O–H groups in total. The van der Waals surface area contributed by atoms with Gasteiger partial charge in [-0.1, -0.05) is 44.3 Å². The highest BCUT2D eigenvalue weighted by Crippen LogP contribution is 2.16. The number of para-hydroxylation sites is 1. The van der Waals surface area contributed by atoms with E-state index in [0.29, 0.717) is 5.92 Å². The highest BCUT2D eigenvalue weighted by atomic mass is 32.1. The molecule has 2 heteroatoms. The van der Waals surface area contributed by atoms with Gasteiger partial charge in [-0.25, -0.2) is 0 Å². The minimum atomic E-state index is 0.379. The molecule has 0 aromatic heterocycles. The van der Waals surface area contributed by atoms with Crippen molar-refractivity contribution in [2.75, 3.05) is 5.73 Å². The molecule has 1 aromatic rings. The van der Waals surface area contributed by atoms with Crippen molar-refractivity contribution in [2.45, 2.75) is 13.8 Å². The van der Waals surface area contributed by atoms with E-state index >= 15 is 0 Å². The Morgan fingerprint density at radius 3 is 2.42 bits per heavy atom. The Hall–Kier alpha value is -0.890. The molecule has 0 unspecified atom stereocenters. The van der Waals surface area contributed by atoms with Crippen LogP contribution in [0.4, 0.5) is 5.69 Å². The summed E-state index contributed by atoms with van der Waals surface area (Å²) >= 11 is 5.25. The molecule has 1 aromatic carbocycles. The number of nitrogens with two attached hydrogens (primary N) is 1. The lowest BCUT2D eigenvalue weighted by atomic mass is 10.0. The first kappa shape index (κ1) is 9.20. The Morgan fingerprint density at radius 2 is 1.92 bits per heavy atom. The first-order valence-corrected chi connectivity index (χ1v) is 4.42. The molecule has 1 nitrogen and oxygen atoms in total. The molecule has 0 aliphatic rings. The highest BCUT2D eigenvalue weighted by Gasteiger charge is 2.07. The molecule has 0 bridgehead atoms. The van der Waals surface area contributed by atoms with E-state index in [2.05, 4.69) is 13.8 Å². The number of thiocarbonyl (C=S) groups is 1. The maximum absolute atomic E-state index is 5.77. The molecule has 0 aliphatic carbocycles. The summed E-state index contributed by atoms with van der Waals surface area (Å²) in [6.07, 6.45) is 0. The van der Waals surface area contributed by atoms with Gasteiger partial charge in [0.25, 0.3) is 0 Å². The fraction of sp³-hybridized carbons (Fsp3) is 0.300. The number of rotatable bonds is 2. The molecule has 0 heterocycles. The molecule has 0 spiro atoms. The van der Waals surface area contributed by atoms with Crippen molar-refractivity contribution < 1.29 is 0 Å². The van der Waals surface area contributed by atoms with Gasteiger partial charge in [0, 0.05) is 16.1 Å². The van der Waals surface area contributed by atoms with Crippen LogP contribution in [0.1, 0.15) is 19.4 Å². The maximum atomic E-state index is 5.77. The molecule has 1 rings (SSSR count). The van der Waals surface area contributed by atoms with Crippen LogP contribution >= 0.6 is 12.2 Å². The van der Waals surface area contributed by atoms with Crippen molar-refractivity contribution in [1.82, 2.24) is 0 Å². The molecule has 12 heavy (non-hydrogen) atoms. The minimum absolute atomic E-state index is 0.379. The molecule has 64 valence electrons. The van der Waals surface area contributed by atoms with Crippen molar-refractivity contribution in [2.24, 2.45) is 5.92 Å². The Balaban J connectivity index is 3.03. The summed E-state index contributed by atoms with van der Waals surface area (Å²) in [6, 6.07) is 7.73. The van der Waals surface area contributed by atoms with Crippen molar-refractivity contribution >= 4 is 22.8 Å². The van der Waals surface area contributed by atoms with Crippen LogP contribution in [0, 0.1) is 5.92 Å². The van der Waals surface area contributed by atoms with E-state index in [0.717, 1.165) is 16.1 Å². The molecule has 0 radical (unpaired) electrons. The first-order chi connectivity index (χ1) is 5.63. The quantitative estimate of drug-likeness (QED) is 0.429. The number of hydrogen-bond donors (Lipinski definition) is 1. The largest absolute Gasteiger partial charge is 0.398 e. The second-order valence-corrected chi connectivity index (χ2v) is 3.55. The normalized spacial score (nSPS) is 10.2. The van der Waals surface area contributed by atoms with Crippen molar-refractivity contribution in [3.8, 4) is 0 Å². The highest BCUT2D eigenvalue weighted by molar-refractivity contribution is 7.80. The summed E-state index contributed by atoms with van der Waals surface area (Å²) in [5, 5.41) is 0. The van der Waals surface area contributed by atoms with Crippen LogP contribution in [0.5, 0.6) is 0 Å². The molecule has 0 aliphatic heterocycles. The number of nitrogen functional groups attached to an aromatic ring is 1. The molecule has 0 atom stereocenters. The van der Waals surface area contributed by atoms with E-state index in [-0.39, 0.29) is 0 Å². The van der Waals surface area contributed by atoms with Crippen LogP contribution in [0.2, 0.25) is 0 Å². The average Bonchev–Trinajstić information content (AvgIpc) is 2.04. The third kappa shape index (κ3) is 1.83. The van der Waals surface area contributed by atoms with Crippen LogP contribution in [-0.2, 0) is 0 Å². The molecular weight excluding hydrogens is 166 g/mol. The van der Waals surface area contributed by atoms with Crippen LogP contribution in [-0.4, -0.2) is 4.86 Å².